The van der Waals surface area contributed by atoms with Crippen molar-refractivity contribution in [1.29, 1.82) is 0 Å². The minimum Gasteiger partial charge on any atom is -0.306 e. The molecule has 7 heteroatoms. The molecule has 0 bridgehead atoms. The van der Waals surface area contributed by atoms with E-state index in [-0.39, 0.29) is 17.5 Å². The Morgan fingerprint density at radius 2 is 1.88 bits per heavy atom. The molecular weight excluding hydrogens is 317 g/mol. The van der Waals surface area contributed by atoms with Crippen molar-refractivity contribution >= 4 is 0 Å². The summed E-state index contributed by atoms with van der Waals surface area (Å²) < 4.78 is 40.0. The van der Waals surface area contributed by atoms with E-state index in [1.165, 1.54) is 12.1 Å². The zero-order valence-corrected chi connectivity index (χ0v) is 13.9. The van der Waals surface area contributed by atoms with E-state index in [2.05, 4.69) is 29.5 Å². The lowest BCUT2D eigenvalue weighted by atomic mass is 9.70. The van der Waals surface area contributed by atoms with Gasteiger partial charge in [-0.05, 0) is 42.9 Å². The smallest absolute Gasteiger partial charge is 0.306 e. The van der Waals surface area contributed by atoms with Crippen LogP contribution in [0.4, 0.5) is 13.2 Å². The van der Waals surface area contributed by atoms with Gasteiger partial charge in [0, 0.05) is 19.3 Å². The zero-order chi connectivity index (χ0) is 17.5. The summed E-state index contributed by atoms with van der Waals surface area (Å²) in [6, 6.07) is 5.83. The number of nitrogens with zero attached hydrogens (tertiary/aromatic N) is 3. The van der Waals surface area contributed by atoms with Gasteiger partial charge in [0.15, 0.2) is 0 Å². The summed E-state index contributed by atoms with van der Waals surface area (Å²) in [5, 5.41) is 11.7. The van der Waals surface area contributed by atoms with Crippen LogP contribution < -0.4 is 5.32 Å². The lowest BCUT2D eigenvalue weighted by Gasteiger charge is -2.42. The number of alkyl halides is 3. The van der Waals surface area contributed by atoms with E-state index in [1.807, 2.05) is 13.2 Å². The number of nitrogens with one attached hydrogen (secondary N) is 1. The molecule has 0 amide bonds. The van der Waals surface area contributed by atoms with E-state index in [0.29, 0.717) is 0 Å². The van der Waals surface area contributed by atoms with Crippen molar-refractivity contribution in [2.45, 2.75) is 50.4 Å². The standard InChI is InChI=1S/C17H21F3N4/c1-11-8-16(2,9-14(21-11)15-10-24(3)23-22-15)12-4-6-13(7-5-12)17(18,19)20/h4-7,10-11,14,21H,8-9H2,1-3H3/t11-,14-,16+/m0/s1. The van der Waals surface area contributed by atoms with Crippen LogP contribution in [0.1, 0.15) is 49.6 Å². The maximum Gasteiger partial charge on any atom is 0.416 e. The first kappa shape index (κ1) is 17.0. The van der Waals surface area contributed by atoms with Crippen molar-refractivity contribution in [2.24, 2.45) is 7.05 Å². The predicted molar refractivity (Wildman–Crippen MR) is 84.4 cm³/mol. The summed E-state index contributed by atoms with van der Waals surface area (Å²) >= 11 is 0. The fourth-order valence-electron chi connectivity index (χ4n) is 3.68. The van der Waals surface area contributed by atoms with Crippen LogP contribution in [0.25, 0.3) is 0 Å². The third-order valence-electron chi connectivity index (χ3n) is 4.78. The Morgan fingerprint density at radius 1 is 1.21 bits per heavy atom. The lowest BCUT2D eigenvalue weighted by Crippen LogP contribution is -2.45. The first-order valence-electron chi connectivity index (χ1n) is 7.97. The van der Waals surface area contributed by atoms with Crippen molar-refractivity contribution in [1.82, 2.24) is 20.3 Å². The van der Waals surface area contributed by atoms with Gasteiger partial charge in [-0.25, -0.2) is 0 Å². The average Bonchev–Trinajstić information content (AvgIpc) is 2.92. The number of hydrogen-bond donors (Lipinski definition) is 1. The van der Waals surface area contributed by atoms with Gasteiger partial charge in [-0.1, -0.05) is 24.3 Å². The van der Waals surface area contributed by atoms with Crippen LogP contribution >= 0.6 is 0 Å². The average molecular weight is 338 g/mol. The topological polar surface area (TPSA) is 42.7 Å². The largest absolute Gasteiger partial charge is 0.416 e. The summed E-state index contributed by atoms with van der Waals surface area (Å²) in [5.74, 6) is 0. The van der Waals surface area contributed by atoms with Gasteiger partial charge in [-0.3, -0.25) is 4.68 Å². The third kappa shape index (κ3) is 3.31. The Labute approximate surface area is 139 Å². The minimum atomic E-state index is -4.30. The lowest BCUT2D eigenvalue weighted by molar-refractivity contribution is -0.137. The molecule has 1 aliphatic heterocycles. The van der Waals surface area contributed by atoms with Gasteiger partial charge >= 0.3 is 6.18 Å². The van der Waals surface area contributed by atoms with Gasteiger partial charge < -0.3 is 5.32 Å². The van der Waals surface area contributed by atoms with Crippen LogP contribution in [0, 0.1) is 0 Å². The highest BCUT2D eigenvalue weighted by atomic mass is 19.4. The molecule has 1 N–H and O–H groups in total. The number of halogens is 3. The molecule has 1 aromatic carbocycles. The van der Waals surface area contributed by atoms with Crippen LogP contribution in [0.15, 0.2) is 30.5 Å². The molecule has 24 heavy (non-hydrogen) atoms. The summed E-state index contributed by atoms with van der Waals surface area (Å²) in [6.07, 6.45) is -0.803. The van der Waals surface area contributed by atoms with E-state index in [9.17, 15) is 13.2 Å². The van der Waals surface area contributed by atoms with Gasteiger partial charge in [0.25, 0.3) is 0 Å². The van der Waals surface area contributed by atoms with Gasteiger partial charge in [0.1, 0.15) is 0 Å². The molecule has 4 nitrogen and oxygen atoms in total. The molecule has 0 saturated carbocycles. The maximum absolute atomic E-state index is 12.8. The molecule has 0 unspecified atom stereocenters. The van der Waals surface area contributed by atoms with E-state index in [1.54, 1.807) is 16.8 Å². The first-order valence-corrected chi connectivity index (χ1v) is 7.97. The molecule has 1 saturated heterocycles. The molecule has 1 fully saturated rings. The number of benzene rings is 1. The quantitative estimate of drug-likeness (QED) is 0.910. The highest BCUT2D eigenvalue weighted by Gasteiger charge is 2.39. The minimum absolute atomic E-state index is 0.0368. The second-order valence-electron chi connectivity index (χ2n) is 6.98. The van der Waals surface area contributed by atoms with Gasteiger partial charge in [-0.2, -0.15) is 13.2 Å². The zero-order valence-electron chi connectivity index (χ0n) is 13.9. The number of aryl methyl sites for hydroxylation is 1. The highest BCUT2D eigenvalue weighted by molar-refractivity contribution is 5.31. The Morgan fingerprint density at radius 3 is 2.42 bits per heavy atom. The van der Waals surface area contributed by atoms with Crippen molar-refractivity contribution < 1.29 is 13.2 Å². The van der Waals surface area contributed by atoms with E-state index < -0.39 is 11.7 Å². The van der Waals surface area contributed by atoms with Gasteiger partial charge in [0.2, 0.25) is 0 Å². The summed E-state index contributed by atoms with van der Waals surface area (Å²) in [7, 11) is 1.82. The second-order valence-corrected chi connectivity index (χ2v) is 6.98. The molecule has 3 rings (SSSR count). The Bertz CT molecular complexity index is 707. The fraction of sp³-hybridized carbons (Fsp3) is 0.529. The van der Waals surface area contributed by atoms with Crippen molar-refractivity contribution in [3.05, 3.63) is 47.3 Å². The van der Waals surface area contributed by atoms with Crippen LogP contribution in [-0.4, -0.2) is 21.0 Å². The van der Waals surface area contributed by atoms with E-state index >= 15 is 0 Å². The van der Waals surface area contributed by atoms with Crippen LogP contribution in [0.3, 0.4) is 0 Å². The van der Waals surface area contributed by atoms with Crippen LogP contribution in [-0.2, 0) is 18.6 Å². The third-order valence-corrected chi connectivity index (χ3v) is 4.78. The van der Waals surface area contributed by atoms with Crippen molar-refractivity contribution in [2.75, 3.05) is 0 Å². The number of piperidine rings is 1. The Kier molecular flexibility index (Phi) is 4.15. The number of hydrogen-bond acceptors (Lipinski definition) is 3. The monoisotopic (exact) mass is 338 g/mol. The number of aromatic nitrogens is 3. The predicted octanol–water partition coefficient (Wildman–Crippen LogP) is 3.60. The molecular formula is C17H21F3N4. The maximum atomic E-state index is 12.8. The molecule has 1 aromatic heterocycles. The van der Waals surface area contributed by atoms with E-state index in [4.69, 9.17) is 0 Å². The summed E-state index contributed by atoms with van der Waals surface area (Å²) in [4.78, 5) is 0. The molecule has 0 aliphatic carbocycles. The fourth-order valence-corrected chi connectivity index (χ4v) is 3.68. The molecule has 0 spiro atoms. The SMILES string of the molecule is C[C@H]1C[C@@](C)(c2ccc(C(F)(F)F)cc2)C[C@@H](c2cn(C)nn2)N1. The highest BCUT2D eigenvalue weighted by Crippen LogP contribution is 2.42. The normalized spacial score (nSPS) is 28.1. The van der Waals surface area contributed by atoms with Crippen LogP contribution in [0.5, 0.6) is 0 Å². The molecule has 3 atom stereocenters. The molecule has 2 heterocycles. The Balaban J connectivity index is 1.87. The summed E-state index contributed by atoms with van der Waals surface area (Å²) in [5.41, 5.74) is 0.971. The first-order chi connectivity index (χ1) is 11.2. The van der Waals surface area contributed by atoms with Gasteiger partial charge in [0.05, 0.1) is 17.3 Å². The molecule has 1 aliphatic rings. The van der Waals surface area contributed by atoms with Crippen molar-refractivity contribution in [3.8, 4) is 0 Å². The summed E-state index contributed by atoms with van der Waals surface area (Å²) in [6.45, 7) is 4.20. The van der Waals surface area contributed by atoms with E-state index in [0.717, 1.165) is 24.1 Å². The van der Waals surface area contributed by atoms with Gasteiger partial charge in [-0.15, -0.1) is 5.10 Å². The molecule has 2 aromatic rings. The molecule has 0 radical (unpaired) electrons. The number of rotatable bonds is 2. The van der Waals surface area contributed by atoms with Crippen molar-refractivity contribution in [3.63, 3.8) is 0 Å². The second kappa shape index (κ2) is 5.88. The van der Waals surface area contributed by atoms with Crippen LogP contribution in [0.2, 0.25) is 0 Å². The molecule has 130 valence electrons. The Hall–Kier alpha value is -1.89.